The second-order valence-electron chi connectivity index (χ2n) is 2.96. The Hall–Kier alpha value is -1.62. The van der Waals surface area contributed by atoms with Crippen molar-refractivity contribution in [2.75, 3.05) is 11.9 Å². The zero-order valence-electron chi connectivity index (χ0n) is 7.97. The number of aromatic nitrogens is 4. The lowest BCUT2D eigenvalue weighted by Crippen LogP contribution is -2.10. The molecule has 0 saturated heterocycles. The lowest BCUT2D eigenvalue weighted by Gasteiger charge is -2.05. The first kappa shape index (κ1) is 9.92. The number of nitrogens with zero attached hydrogens (tertiary/aromatic N) is 4. The van der Waals surface area contributed by atoms with Crippen molar-refractivity contribution in [3.63, 3.8) is 0 Å². The second kappa shape index (κ2) is 4.75. The number of halogens is 1. The summed E-state index contributed by atoms with van der Waals surface area (Å²) in [5, 5.41) is 15.0. The minimum atomic E-state index is 0.388. The molecule has 0 fully saturated rings. The quantitative estimate of drug-likeness (QED) is 0.852. The fourth-order valence-electron chi connectivity index (χ4n) is 1.18. The molecule has 2 rings (SSSR count). The normalized spacial score (nSPS) is 10.2. The summed E-state index contributed by atoms with van der Waals surface area (Å²) in [6.45, 7) is 1.57. The highest BCUT2D eigenvalue weighted by molar-refractivity contribution is 6.29. The van der Waals surface area contributed by atoms with Crippen molar-refractivity contribution >= 4 is 17.3 Å². The topological polar surface area (TPSA) is 55.6 Å². The van der Waals surface area contributed by atoms with Crippen LogP contribution in [0.1, 0.15) is 0 Å². The Balaban J connectivity index is 1.83. The maximum absolute atomic E-state index is 5.69. The lowest BCUT2D eigenvalue weighted by molar-refractivity contribution is 0.637. The van der Waals surface area contributed by atoms with Crippen LogP contribution in [0.2, 0.25) is 5.15 Å². The number of rotatable bonds is 4. The Morgan fingerprint density at radius 2 is 2.40 bits per heavy atom. The molecule has 0 aliphatic heterocycles. The number of nitrogens with one attached hydrogen (secondary N) is 1. The van der Waals surface area contributed by atoms with Gasteiger partial charge in [0.25, 0.3) is 0 Å². The third-order valence-electron chi connectivity index (χ3n) is 1.85. The molecule has 0 spiro atoms. The Kier molecular flexibility index (Phi) is 3.14. The fourth-order valence-corrected chi connectivity index (χ4v) is 1.35. The molecule has 0 amide bonds. The van der Waals surface area contributed by atoms with E-state index in [1.807, 2.05) is 16.9 Å². The first-order chi connectivity index (χ1) is 7.34. The molecule has 2 aromatic rings. The van der Waals surface area contributed by atoms with E-state index in [0.717, 1.165) is 18.8 Å². The Bertz CT molecular complexity index is 414. The van der Waals surface area contributed by atoms with Gasteiger partial charge >= 0.3 is 0 Å². The Morgan fingerprint density at radius 3 is 3.13 bits per heavy atom. The molecule has 0 unspecified atom stereocenters. The van der Waals surface area contributed by atoms with Crippen LogP contribution in [0, 0.1) is 0 Å². The van der Waals surface area contributed by atoms with Crippen LogP contribution in [-0.2, 0) is 6.54 Å². The molecule has 0 radical (unpaired) electrons. The molecule has 5 nitrogen and oxygen atoms in total. The van der Waals surface area contributed by atoms with Gasteiger partial charge in [0, 0.05) is 25.0 Å². The van der Waals surface area contributed by atoms with Crippen LogP contribution in [0.3, 0.4) is 0 Å². The lowest BCUT2D eigenvalue weighted by atomic mass is 10.4. The molecule has 0 saturated carbocycles. The molecule has 0 aliphatic carbocycles. The maximum Gasteiger partial charge on any atom is 0.153 e. The van der Waals surface area contributed by atoms with Crippen molar-refractivity contribution in [1.82, 2.24) is 20.0 Å². The van der Waals surface area contributed by atoms with Crippen LogP contribution in [0.4, 0.5) is 5.69 Å². The van der Waals surface area contributed by atoms with Gasteiger partial charge in [0.15, 0.2) is 5.15 Å². The molecule has 0 aromatic carbocycles. The molecule has 78 valence electrons. The second-order valence-corrected chi connectivity index (χ2v) is 3.35. The first-order valence-electron chi connectivity index (χ1n) is 4.54. The van der Waals surface area contributed by atoms with Gasteiger partial charge in [0.05, 0.1) is 18.4 Å². The molecule has 6 heteroatoms. The summed E-state index contributed by atoms with van der Waals surface area (Å²) in [6, 6.07) is 3.63. The van der Waals surface area contributed by atoms with Crippen molar-refractivity contribution < 1.29 is 0 Å². The summed E-state index contributed by atoms with van der Waals surface area (Å²) in [5.74, 6) is 0. The van der Waals surface area contributed by atoms with Gasteiger partial charge in [-0.1, -0.05) is 11.6 Å². The number of anilines is 1. The summed E-state index contributed by atoms with van der Waals surface area (Å²) in [7, 11) is 0. The summed E-state index contributed by atoms with van der Waals surface area (Å²) < 4.78 is 1.85. The summed E-state index contributed by atoms with van der Waals surface area (Å²) in [4.78, 5) is 0. The van der Waals surface area contributed by atoms with E-state index in [1.165, 1.54) is 0 Å². The highest BCUT2D eigenvalue weighted by Crippen LogP contribution is 2.09. The average Bonchev–Trinajstić information content (AvgIpc) is 2.71. The monoisotopic (exact) mass is 223 g/mol. The van der Waals surface area contributed by atoms with E-state index < -0.39 is 0 Å². The van der Waals surface area contributed by atoms with Crippen molar-refractivity contribution in [1.29, 1.82) is 0 Å². The van der Waals surface area contributed by atoms with Crippen LogP contribution >= 0.6 is 11.6 Å². The van der Waals surface area contributed by atoms with Crippen molar-refractivity contribution in [3.8, 4) is 0 Å². The van der Waals surface area contributed by atoms with E-state index in [-0.39, 0.29) is 0 Å². The summed E-state index contributed by atoms with van der Waals surface area (Å²) in [5.41, 5.74) is 0.863. The largest absolute Gasteiger partial charge is 0.382 e. The zero-order chi connectivity index (χ0) is 10.5. The van der Waals surface area contributed by atoms with Crippen molar-refractivity contribution in [2.24, 2.45) is 0 Å². The number of hydrogen-bond acceptors (Lipinski definition) is 4. The summed E-state index contributed by atoms with van der Waals surface area (Å²) in [6.07, 6.45) is 5.30. The SMILES string of the molecule is Clc1cc(NCCn2cccn2)cnn1. The number of hydrogen-bond donors (Lipinski definition) is 1. The van der Waals surface area contributed by atoms with Gasteiger partial charge in [-0.15, -0.1) is 5.10 Å². The average molecular weight is 224 g/mol. The summed E-state index contributed by atoms with van der Waals surface area (Å²) >= 11 is 5.69. The molecule has 1 N–H and O–H groups in total. The van der Waals surface area contributed by atoms with Gasteiger partial charge in [-0.3, -0.25) is 4.68 Å². The molecule has 0 atom stereocenters. The Labute approximate surface area is 92.1 Å². The van der Waals surface area contributed by atoms with Gasteiger partial charge < -0.3 is 5.32 Å². The van der Waals surface area contributed by atoms with Crippen molar-refractivity contribution in [3.05, 3.63) is 35.9 Å². The van der Waals surface area contributed by atoms with E-state index >= 15 is 0 Å². The molecule has 0 aliphatic rings. The van der Waals surface area contributed by atoms with Crippen molar-refractivity contribution in [2.45, 2.75) is 6.54 Å². The van der Waals surface area contributed by atoms with Crippen LogP contribution in [0.15, 0.2) is 30.7 Å². The molecule has 15 heavy (non-hydrogen) atoms. The highest BCUT2D eigenvalue weighted by atomic mass is 35.5. The van der Waals surface area contributed by atoms with E-state index in [2.05, 4.69) is 20.6 Å². The third kappa shape index (κ3) is 2.92. The molecule has 2 heterocycles. The van der Waals surface area contributed by atoms with Crippen LogP contribution in [-0.4, -0.2) is 26.5 Å². The predicted molar refractivity (Wildman–Crippen MR) is 57.8 cm³/mol. The molecular formula is C9H10ClN5. The van der Waals surface area contributed by atoms with Gasteiger partial charge in [-0.25, -0.2) is 0 Å². The smallest absolute Gasteiger partial charge is 0.153 e. The van der Waals surface area contributed by atoms with Crippen LogP contribution in [0.25, 0.3) is 0 Å². The Morgan fingerprint density at radius 1 is 1.47 bits per heavy atom. The van der Waals surface area contributed by atoms with Crippen LogP contribution < -0.4 is 5.32 Å². The van der Waals surface area contributed by atoms with E-state index in [1.54, 1.807) is 18.5 Å². The van der Waals surface area contributed by atoms with Gasteiger partial charge in [0.1, 0.15) is 0 Å². The third-order valence-corrected chi connectivity index (χ3v) is 2.04. The molecule has 0 bridgehead atoms. The first-order valence-corrected chi connectivity index (χ1v) is 4.92. The fraction of sp³-hybridized carbons (Fsp3) is 0.222. The minimum absolute atomic E-state index is 0.388. The minimum Gasteiger partial charge on any atom is -0.382 e. The molecule has 2 aromatic heterocycles. The van der Waals surface area contributed by atoms with Gasteiger partial charge in [-0.05, 0) is 6.07 Å². The van der Waals surface area contributed by atoms with Gasteiger partial charge in [-0.2, -0.15) is 10.2 Å². The standard InChI is InChI=1S/C9H10ClN5/c10-9-6-8(7-12-14-9)11-3-5-15-4-1-2-13-15/h1-2,4,6-7H,3,5H2,(H,11,14). The van der Waals surface area contributed by atoms with Crippen LogP contribution in [0.5, 0.6) is 0 Å². The maximum atomic E-state index is 5.69. The zero-order valence-corrected chi connectivity index (χ0v) is 8.72. The van der Waals surface area contributed by atoms with E-state index in [9.17, 15) is 0 Å². The molecular weight excluding hydrogens is 214 g/mol. The van der Waals surface area contributed by atoms with E-state index in [0.29, 0.717) is 5.15 Å². The highest BCUT2D eigenvalue weighted by Gasteiger charge is 1.95. The van der Waals surface area contributed by atoms with E-state index in [4.69, 9.17) is 11.6 Å². The van der Waals surface area contributed by atoms with Gasteiger partial charge in [0.2, 0.25) is 0 Å². The predicted octanol–water partition coefficient (Wildman–Crippen LogP) is 1.44.